The summed E-state index contributed by atoms with van der Waals surface area (Å²) in [6.45, 7) is 1.72. The lowest BCUT2D eigenvalue weighted by Gasteiger charge is -2.06. The Morgan fingerprint density at radius 1 is 1.29 bits per heavy atom. The molecule has 0 radical (unpaired) electrons. The number of aryl methyl sites for hydroxylation is 1. The van der Waals surface area contributed by atoms with Crippen molar-refractivity contribution in [1.82, 2.24) is 15.0 Å². The average Bonchev–Trinajstić information content (AvgIpc) is 2.29. The van der Waals surface area contributed by atoms with E-state index in [0.717, 1.165) is 0 Å². The molecule has 0 aromatic carbocycles. The van der Waals surface area contributed by atoms with Gasteiger partial charge in [0.2, 0.25) is 5.88 Å². The fourth-order valence-corrected chi connectivity index (χ4v) is 1.24. The summed E-state index contributed by atoms with van der Waals surface area (Å²) in [6.07, 6.45) is 2.93. The molecular weight excluding hydrogens is 222 g/mol. The summed E-state index contributed by atoms with van der Waals surface area (Å²) in [7, 11) is 0. The largest absolute Gasteiger partial charge is 0.476 e. The van der Waals surface area contributed by atoms with Crippen molar-refractivity contribution < 1.29 is 14.6 Å². The molecule has 17 heavy (non-hydrogen) atoms. The molecule has 2 rings (SSSR count). The van der Waals surface area contributed by atoms with Crippen molar-refractivity contribution in [2.45, 2.75) is 6.92 Å². The summed E-state index contributed by atoms with van der Waals surface area (Å²) in [5.41, 5.74) is -0.149. The van der Waals surface area contributed by atoms with Crippen LogP contribution in [0, 0.1) is 6.92 Å². The highest BCUT2D eigenvalue weighted by Gasteiger charge is 2.13. The number of carboxylic acids is 1. The van der Waals surface area contributed by atoms with Crippen molar-refractivity contribution in [1.29, 1.82) is 0 Å². The smallest absolute Gasteiger partial charge is 0.358 e. The first-order chi connectivity index (χ1) is 8.16. The van der Waals surface area contributed by atoms with Gasteiger partial charge < -0.3 is 9.84 Å². The van der Waals surface area contributed by atoms with Gasteiger partial charge in [-0.2, -0.15) is 4.98 Å². The second-order valence-corrected chi connectivity index (χ2v) is 3.20. The number of nitrogens with zero attached hydrogens (tertiary/aromatic N) is 3. The molecule has 86 valence electrons. The monoisotopic (exact) mass is 231 g/mol. The molecule has 0 bridgehead atoms. The summed E-state index contributed by atoms with van der Waals surface area (Å²) >= 11 is 0. The normalized spacial score (nSPS) is 9.94. The van der Waals surface area contributed by atoms with Crippen molar-refractivity contribution >= 4 is 5.97 Å². The van der Waals surface area contributed by atoms with E-state index in [1.807, 2.05) is 0 Å². The fourth-order valence-electron chi connectivity index (χ4n) is 1.24. The van der Waals surface area contributed by atoms with E-state index >= 15 is 0 Å². The van der Waals surface area contributed by atoms with E-state index in [4.69, 9.17) is 9.84 Å². The molecule has 2 aromatic heterocycles. The molecule has 1 N–H and O–H groups in total. The van der Waals surface area contributed by atoms with Crippen molar-refractivity contribution in [2.75, 3.05) is 0 Å². The standard InChI is InChI=1S/C11H9N3O3/c1-7-12-6-4-9(14-7)17-8-3-2-5-13-10(8)11(15)16/h2-6H,1H3,(H,15,16). The zero-order valence-corrected chi connectivity index (χ0v) is 8.99. The molecule has 0 saturated carbocycles. The molecule has 0 fully saturated rings. The third kappa shape index (κ3) is 2.54. The van der Waals surface area contributed by atoms with Gasteiger partial charge in [-0.3, -0.25) is 0 Å². The minimum absolute atomic E-state index is 0.149. The summed E-state index contributed by atoms with van der Waals surface area (Å²) in [5, 5.41) is 8.92. The Labute approximate surface area is 96.9 Å². The van der Waals surface area contributed by atoms with Crippen LogP contribution in [0.2, 0.25) is 0 Å². The number of aromatic carboxylic acids is 1. The second-order valence-electron chi connectivity index (χ2n) is 3.20. The highest BCUT2D eigenvalue weighted by atomic mass is 16.5. The molecule has 0 aliphatic heterocycles. The number of carbonyl (C=O) groups is 1. The quantitative estimate of drug-likeness (QED) is 0.864. The number of hydrogen-bond donors (Lipinski definition) is 1. The van der Waals surface area contributed by atoms with Crippen LogP contribution in [0.5, 0.6) is 11.6 Å². The maximum absolute atomic E-state index is 10.9. The maximum atomic E-state index is 10.9. The average molecular weight is 231 g/mol. The van der Waals surface area contributed by atoms with Crippen LogP contribution in [-0.4, -0.2) is 26.0 Å². The fraction of sp³-hybridized carbons (Fsp3) is 0.0909. The van der Waals surface area contributed by atoms with Crippen molar-refractivity contribution in [3.63, 3.8) is 0 Å². The van der Waals surface area contributed by atoms with Gasteiger partial charge in [0.1, 0.15) is 5.82 Å². The second kappa shape index (κ2) is 4.56. The van der Waals surface area contributed by atoms with Crippen LogP contribution in [-0.2, 0) is 0 Å². The van der Waals surface area contributed by atoms with Gasteiger partial charge >= 0.3 is 5.97 Å². The van der Waals surface area contributed by atoms with Crippen molar-refractivity contribution in [2.24, 2.45) is 0 Å². The molecule has 0 atom stereocenters. The van der Waals surface area contributed by atoms with E-state index in [-0.39, 0.29) is 17.3 Å². The van der Waals surface area contributed by atoms with Crippen molar-refractivity contribution in [3.8, 4) is 11.6 Å². The first kappa shape index (κ1) is 11.0. The first-order valence-corrected chi connectivity index (χ1v) is 4.82. The number of hydrogen-bond acceptors (Lipinski definition) is 5. The van der Waals surface area contributed by atoms with E-state index < -0.39 is 5.97 Å². The van der Waals surface area contributed by atoms with Gasteiger partial charge in [0.05, 0.1) is 0 Å². The van der Waals surface area contributed by atoms with Crippen LogP contribution in [0.1, 0.15) is 16.3 Å². The molecule has 0 saturated heterocycles. The zero-order valence-electron chi connectivity index (χ0n) is 8.99. The van der Waals surface area contributed by atoms with E-state index in [1.54, 1.807) is 19.1 Å². The third-order valence-corrected chi connectivity index (χ3v) is 1.94. The molecule has 0 aliphatic carbocycles. The predicted octanol–water partition coefficient (Wildman–Crippen LogP) is 1.67. The Kier molecular flexibility index (Phi) is 2.95. The van der Waals surface area contributed by atoms with Gasteiger partial charge in [0, 0.05) is 18.5 Å². The number of aromatic nitrogens is 3. The Hall–Kier alpha value is -2.50. The molecule has 2 heterocycles. The number of pyridine rings is 1. The number of carboxylic acid groups (broad SMARTS) is 1. The molecule has 0 unspecified atom stereocenters. The van der Waals surface area contributed by atoms with Crippen LogP contribution < -0.4 is 4.74 Å². The zero-order chi connectivity index (χ0) is 12.3. The Bertz CT molecular complexity index is 557. The molecule has 0 amide bonds. The lowest BCUT2D eigenvalue weighted by Crippen LogP contribution is -2.03. The summed E-state index contributed by atoms with van der Waals surface area (Å²) < 4.78 is 5.36. The van der Waals surface area contributed by atoms with E-state index in [2.05, 4.69) is 15.0 Å². The van der Waals surface area contributed by atoms with Gasteiger partial charge in [-0.15, -0.1) is 0 Å². The van der Waals surface area contributed by atoms with E-state index in [1.165, 1.54) is 18.5 Å². The highest BCUT2D eigenvalue weighted by molar-refractivity contribution is 5.88. The lowest BCUT2D eigenvalue weighted by molar-refractivity contribution is 0.0687. The van der Waals surface area contributed by atoms with E-state index in [9.17, 15) is 4.79 Å². The van der Waals surface area contributed by atoms with Gasteiger partial charge in [0.15, 0.2) is 11.4 Å². The molecular formula is C11H9N3O3. The molecule has 6 nitrogen and oxygen atoms in total. The number of ether oxygens (including phenoxy) is 1. The first-order valence-electron chi connectivity index (χ1n) is 4.82. The molecule has 2 aromatic rings. The van der Waals surface area contributed by atoms with Crippen LogP contribution in [0.15, 0.2) is 30.6 Å². The van der Waals surface area contributed by atoms with Crippen LogP contribution in [0.3, 0.4) is 0 Å². The maximum Gasteiger partial charge on any atom is 0.358 e. The van der Waals surface area contributed by atoms with Gasteiger partial charge in [0.25, 0.3) is 0 Å². The number of rotatable bonds is 3. The Morgan fingerprint density at radius 3 is 2.82 bits per heavy atom. The van der Waals surface area contributed by atoms with Crippen molar-refractivity contribution in [3.05, 3.63) is 42.1 Å². The lowest BCUT2D eigenvalue weighted by atomic mass is 10.3. The van der Waals surface area contributed by atoms with Gasteiger partial charge in [-0.25, -0.2) is 14.8 Å². The summed E-state index contributed by atoms with van der Waals surface area (Å²) in [6, 6.07) is 4.66. The van der Waals surface area contributed by atoms with Crippen LogP contribution in [0.25, 0.3) is 0 Å². The van der Waals surface area contributed by atoms with Gasteiger partial charge in [-0.1, -0.05) is 0 Å². The van der Waals surface area contributed by atoms with E-state index in [0.29, 0.717) is 5.82 Å². The van der Waals surface area contributed by atoms with Crippen LogP contribution in [0.4, 0.5) is 0 Å². The minimum atomic E-state index is -1.15. The summed E-state index contributed by atoms with van der Waals surface area (Å²) in [4.78, 5) is 22.6. The molecule has 0 aliphatic rings. The molecule has 0 spiro atoms. The Balaban J connectivity index is 2.33. The highest BCUT2D eigenvalue weighted by Crippen LogP contribution is 2.21. The molecule has 6 heteroatoms. The Morgan fingerprint density at radius 2 is 2.12 bits per heavy atom. The minimum Gasteiger partial charge on any atom is -0.476 e. The topological polar surface area (TPSA) is 85.2 Å². The summed E-state index contributed by atoms with van der Waals surface area (Å²) in [5.74, 6) is -0.166. The van der Waals surface area contributed by atoms with Crippen LogP contribution >= 0.6 is 0 Å². The van der Waals surface area contributed by atoms with Gasteiger partial charge in [-0.05, 0) is 19.1 Å². The predicted molar refractivity (Wildman–Crippen MR) is 58.0 cm³/mol. The third-order valence-electron chi connectivity index (χ3n) is 1.94. The SMILES string of the molecule is Cc1nccc(Oc2cccnc2C(=O)O)n1.